The lowest BCUT2D eigenvalue weighted by atomic mass is 10.1. The Bertz CT molecular complexity index is 1120. The SMILES string of the molecule is Cc1ncc(-c2cc(C(=O)Nc3ccc(OC(F)(F)F)cc3)cnc2N2CCC(O)C2)s1. The van der Waals surface area contributed by atoms with E-state index in [1.165, 1.54) is 29.7 Å². The van der Waals surface area contributed by atoms with Crippen molar-refractivity contribution in [2.45, 2.75) is 25.8 Å². The number of aryl methyl sites for hydroxylation is 1. The molecule has 2 aromatic heterocycles. The number of aliphatic hydroxyl groups excluding tert-OH is 1. The summed E-state index contributed by atoms with van der Waals surface area (Å²) >= 11 is 1.47. The zero-order valence-corrected chi connectivity index (χ0v) is 17.7. The highest BCUT2D eigenvalue weighted by molar-refractivity contribution is 7.15. The molecule has 0 bridgehead atoms. The minimum Gasteiger partial charge on any atom is -0.406 e. The summed E-state index contributed by atoms with van der Waals surface area (Å²) in [5.41, 5.74) is 1.32. The molecule has 7 nitrogen and oxygen atoms in total. The smallest absolute Gasteiger partial charge is 0.406 e. The van der Waals surface area contributed by atoms with Crippen molar-refractivity contribution in [3.8, 4) is 16.2 Å². The van der Waals surface area contributed by atoms with Crippen LogP contribution in [0.5, 0.6) is 5.75 Å². The summed E-state index contributed by atoms with van der Waals surface area (Å²) < 4.78 is 40.7. The van der Waals surface area contributed by atoms with Crippen molar-refractivity contribution >= 4 is 28.7 Å². The number of nitrogens with one attached hydrogen (secondary N) is 1. The molecular formula is C21H19F3N4O3S. The maximum atomic E-state index is 12.8. The van der Waals surface area contributed by atoms with Gasteiger partial charge in [-0.1, -0.05) is 0 Å². The Hall–Kier alpha value is -3.18. The fourth-order valence-electron chi connectivity index (χ4n) is 3.38. The molecule has 2 N–H and O–H groups in total. The van der Waals surface area contributed by atoms with Crippen molar-refractivity contribution in [3.05, 3.63) is 53.3 Å². The fraction of sp³-hybridized carbons (Fsp3) is 0.286. The quantitative estimate of drug-likeness (QED) is 0.588. The van der Waals surface area contributed by atoms with Crippen LogP contribution in [0.2, 0.25) is 0 Å². The summed E-state index contributed by atoms with van der Waals surface area (Å²) in [6, 6.07) is 6.58. The topological polar surface area (TPSA) is 87.6 Å². The van der Waals surface area contributed by atoms with Gasteiger partial charge in [0.05, 0.1) is 21.6 Å². The van der Waals surface area contributed by atoms with Crippen LogP contribution in [0.25, 0.3) is 10.4 Å². The maximum absolute atomic E-state index is 12.8. The van der Waals surface area contributed by atoms with E-state index >= 15 is 0 Å². The number of hydrogen-bond acceptors (Lipinski definition) is 7. The molecule has 1 unspecified atom stereocenters. The molecule has 3 aromatic rings. The highest BCUT2D eigenvalue weighted by Crippen LogP contribution is 2.35. The third kappa shape index (κ3) is 5.17. The van der Waals surface area contributed by atoms with E-state index in [1.807, 2.05) is 11.8 Å². The molecule has 1 aliphatic heterocycles. The molecule has 1 atom stereocenters. The van der Waals surface area contributed by atoms with Gasteiger partial charge in [-0.2, -0.15) is 0 Å². The number of thiazole rings is 1. The first kappa shape index (κ1) is 22.0. The summed E-state index contributed by atoms with van der Waals surface area (Å²) in [4.78, 5) is 24.4. The van der Waals surface area contributed by atoms with Crippen molar-refractivity contribution in [2.24, 2.45) is 0 Å². The number of nitrogens with zero attached hydrogens (tertiary/aromatic N) is 3. The van der Waals surface area contributed by atoms with E-state index in [2.05, 4.69) is 20.0 Å². The minimum absolute atomic E-state index is 0.283. The van der Waals surface area contributed by atoms with Crippen LogP contribution in [0.4, 0.5) is 24.7 Å². The normalized spacial score (nSPS) is 16.3. The molecule has 1 aliphatic rings. The molecular weight excluding hydrogens is 445 g/mol. The third-order valence-electron chi connectivity index (χ3n) is 4.82. The van der Waals surface area contributed by atoms with Crippen LogP contribution in [0, 0.1) is 6.92 Å². The molecule has 1 aromatic carbocycles. The fourth-order valence-corrected chi connectivity index (χ4v) is 4.17. The molecule has 1 amide bonds. The van der Waals surface area contributed by atoms with Gasteiger partial charge in [0.2, 0.25) is 0 Å². The average molecular weight is 464 g/mol. The van der Waals surface area contributed by atoms with Gasteiger partial charge < -0.3 is 20.1 Å². The van der Waals surface area contributed by atoms with Gasteiger partial charge in [-0.15, -0.1) is 24.5 Å². The van der Waals surface area contributed by atoms with Crippen molar-refractivity contribution in [1.29, 1.82) is 0 Å². The van der Waals surface area contributed by atoms with Crippen LogP contribution in [0.15, 0.2) is 42.7 Å². The van der Waals surface area contributed by atoms with Gasteiger partial charge in [0.15, 0.2) is 0 Å². The molecule has 32 heavy (non-hydrogen) atoms. The molecule has 0 saturated carbocycles. The van der Waals surface area contributed by atoms with Gasteiger partial charge >= 0.3 is 6.36 Å². The number of carbonyl (C=O) groups is 1. The van der Waals surface area contributed by atoms with Crippen LogP contribution in [-0.4, -0.2) is 46.5 Å². The maximum Gasteiger partial charge on any atom is 0.573 e. The number of anilines is 2. The monoisotopic (exact) mass is 464 g/mol. The first-order valence-corrected chi connectivity index (χ1v) is 10.5. The number of rotatable bonds is 5. The highest BCUT2D eigenvalue weighted by Gasteiger charge is 2.31. The van der Waals surface area contributed by atoms with E-state index in [4.69, 9.17) is 0 Å². The van der Waals surface area contributed by atoms with E-state index in [0.717, 1.165) is 27.6 Å². The largest absolute Gasteiger partial charge is 0.573 e. The molecule has 4 rings (SSSR count). The number of alkyl halides is 3. The number of ether oxygens (including phenoxy) is 1. The number of amides is 1. The number of aromatic nitrogens is 2. The molecule has 1 saturated heterocycles. The Kier molecular flexibility index (Phi) is 6.02. The number of aliphatic hydroxyl groups is 1. The van der Waals surface area contributed by atoms with Gasteiger partial charge in [0.25, 0.3) is 5.91 Å². The molecule has 3 heterocycles. The Morgan fingerprint density at radius 1 is 1.25 bits per heavy atom. The molecule has 1 fully saturated rings. The third-order valence-corrected chi connectivity index (χ3v) is 5.77. The Morgan fingerprint density at radius 2 is 2.00 bits per heavy atom. The summed E-state index contributed by atoms with van der Waals surface area (Å²) in [5.74, 6) is -0.176. The van der Waals surface area contributed by atoms with Gasteiger partial charge in [-0.05, 0) is 43.7 Å². The number of hydrogen-bond donors (Lipinski definition) is 2. The first-order chi connectivity index (χ1) is 15.2. The standard InChI is InChI=1S/C21H19F3N4O3S/c1-12-25-10-18(32-12)17-8-13(9-26-19(17)28-7-6-15(29)11-28)20(30)27-14-2-4-16(5-3-14)31-21(22,23)24/h2-5,8-10,15,29H,6-7,11H2,1H3,(H,27,30). The van der Waals surface area contributed by atoms with E-state index < -0.39 is 18.4 Å². The van der Waals surface area contributed by atoms with Crippen molar-refractivity contribution in [3.63, 3.8) is 0 Å². The number of β-amino-alcohol motifs (C(OH)–C–C–N with tert-alkyl or cyclic N) is 1. The zero-order valence-electron chi connectivity index (χ0n) is 16.9. The first-order valence-electron chi connectivity index (χ1n) is 9.71. The minimum atomic E-state index is -4.78. The Labute approximate surface area is 185 Å². The van der Waals surface area contributed by atoms with Gasteiger partial charge in [0, 0.05) is 36.7 Å². The van der Waals surface area contributed by atoms with Crippen LogP contribution in [-0.2, 0) is 0 Å². The predicted molar refractivity (Wildman–Crippen MR) is 114 cm³/mol. The van der Waals surface area contributed by atoms with Crippen LogP contribution >= 0.6 is 11.3 Å². The molecule has 11 heteroatoms. The lowest BCUT2D eigenvalue weighted by molar-refractivity contribution is -0.274. The van der Waals surface area contributed by atoms with Gasteiger partial charge in [-0.25, -0.2) is 9.97 Å². The second-order valence-electron chi connectivity index (χ2n) is 7.25. The molecule has 0 radical (unpaired) electrons. The number of pyridine rings is 1. The van der Waals surface area contributed by atoms with E-state index in [1.54, 1.807) is 12.3 Å². The van der Waals surface area contributed by atoms with E-state index in [9.17, 15) is 23.1 Å². The molecule has 0 aliphatic carbocycles. The molecule has 0 spiro atoms. The lowest BCUT2D eigenvalue weighted by Crippen LogP contribution is -2.23. The number of carbonyl (C=O) groups excluding carboxylic acids is 1. The van der Waals surface area contributed by atoms with Gasteiger partial charge in [0.1, 0.15) is 11.6 Å². The van der Waals surface area contributed by atoms with Crippen LogP contribution in [0.3, 0.4) is 0 Å². The summed E-state index contributed by atoms with van der Waals surface area (Å²) in [5, 5.41) is 13.4. The average Bonchev–Trinajstić information content (AvgIpc) is 3.36. The number of halogens is 3. The summed E-state index contributed by atoms with van der Waals surface area (Å²) in [6.45, 7) is 2.98. The second-order valence-corrected chi connectivity index (χ2v) is 8.49. The van der Waals surface area contributed by atoms with Crippen molar-refractivity contribution in [2.75, 3.05) is 23.3 Å². The highest BCUT2D eigenvalue weighted by atomic mass is 32.1. The van der Waals surface area contributed by atoms with E-state index in [-0.39, 0.29) is 11.3 Å². The predicted octanol–water partition coefficient (Wildman–Crippen LogP) is 4.24. The lowest BCUT2D eigenvalue weighted by Gasteiger charge is -2.20. The summed E-state index contributed by atoms with van der Waals surface area (Å²) in [7, 11) is 0. The zero-order chi connectivity index (χ0) is 22.9. The van der Waals surface area contributed by atoms with Crippen molar-refractivity contribution < 1.29 is 27.8 Å². The molecule has 168 valence electrons. The van der Waals surface area contributed by atoms with Crippen LogP contribution in [0.1, 0.15) is 21.8 Å². The Balaban J connectivity index is 1.57. The van der Waals surface area contributed by atoms with Crippen LogP contribution < -0.4 is 15.0 Å². The number of benzene rings is 1. The van der Waals surface area contributed by atoms with Gasteiger partial charge in [-0.3, -0.25) is 4.79 Å². The Morgan fingerprint density at radius 3 is 2.59 bits per heavy atom. The van der Waals surface area contributed by atoms with E-state index in [0.29, 0.717) is 31.0 Å². The second kappa shape index (κ2) is 8.75. The summed E-state index contributed by atoms with van der Waals surface area (Å²) in [6.07, 6.45) is -1.42. The van der Waals surface area contributed by atoms with Crippen molar-refractivity contribution in [1.82, 2.24) is 9.97 Å².